The Morgan fingerprint density at radius 3 is 2.38 bits per heavy atom. The lowest BCUT2D eigenvalue weighted by atomic mass is 10.0. The second kappa shape index (κ2) is 10.6. The van der Waals surface area contributed by atoms with Gasteiger partial charge in [-0.05, 0) is 19.4 Å². The van der Waals surface area contributed by atoms with Gasteiger partial charge >= 0.3 is 12.1 Å². The number of hydrogen-bond donors (Lipinski definition) is 2. The Balaban J connectivity index is 2.57. The molecule has 7 nitrogen and oxygen atoms in total. The fraction of sp³-hybridized carbons (Fsp3) is 0.529. The van der Waals surface area contributed by atoms with Gasteiger partial charge in [-0.15, -0.1) is 0 Å². The fourth-order valence-electron chi connectivity index (χ4n) is 1.99. The molecule has 0 bridgehead atoms. The maximum Gasteiger partial charge on any atom is 0.409 e. The van der Waals surface area contributed by atoms with Crippen LogP contribution in [0.15, 0.2) is 30.3 Å². The molecule has 0 saturated heterocycles. The third-order valence-corrected chi connectivity index (χ3v) is 3.32. The molecule has 0 heterocycles. The van der Waals surface area contributed by atoms with Crippen LogP contribution in [0, 0.1) is 5.92 Å². The zero-order chi connectivity index (χ0) is 17.9. The Labute approximate surface area is 141 Å². The smallest absolute Gasteiger partial charge is 0.409 e. The number of benzene rings is 1. The maximum absolute atomic E-state index is 11.9. The minimum Gasteiger partial charge on any atom is -0.464 e. The highest BCUT2D eigenvalue weighted by Gasteiger charge is 2.32. The monoisotopic (exact) mass is 339 g/mol. The molecule has 0 spiro atoms. The summed E-state index contributed by atoms with van der Waals surface area (Å²) in [6, 6.07) is 9.22. The number of carbonyl (C=O) groups is 2. The van der Waals surface area contributed by atoms with Gasteiger partial charge in [0.05, 0.1) is 6.61 Å². The number of aliphatic hydroxyl groups excluding tert-OH is 1. The van der Waals surface area contributed by atoms with Crippen LogP contribution < -0.4 is 5.32 Å². The van der Waals surface area contributed by atoms with E-state index in [-0.39, 0.29) is 13.2 Å². The molecule has 24 heavy (non-hydrogen) atoms. The first kappa shape index (κ1) is 19.9. The SMILES string of the molecule is CCOC(=O)[C@@H](O)[C@H](C)C(NC(=O)OCc1ccccc1)OCC. The van der Waals surface area contributed by atoms with Gasteiger partial charge in [0, 0.05) is 12.5 Å². The quantitative estimate of drug-likeness (QED) is 0.527. The summed E-state index contributed by atoms with van der Waals surface area (Å²) in [4.78, 5) is 23.5. The van der Waals surface area contributed by atoms with Gasteiger partial charge in [-0.1, -0.05) is 37.3 Å². The fourth-order valence-corrected chi connectivity index (χ4v) is 1.99. The molecule has 1 aromatic rings. The van der Waals surface area contributed by atoms with Crippen LogP contribution in [0.4, 0.5) is 4.79 Å². The minimum absolute atomic E-state index is 0.111. The van der Waals surface area contributed by atoms with E-state index in [9.17, 15) is 14.7 Å². The van der Waals surface area contributed by atoms with E-state index in [0.29, 0.717) is 6.61 Å². The zero-order valence-corrected chi connectivity index (χ0v) is 14.2. The lowest BCUT2D eigenvalue weighted by molar-refractivity contribution is -0.160. The summed E-state index contributed by atoms with van der Waals surface area (Å²) in [5.41, 5.74) is 0.847. The molecule has 1 amide bonds. The van der Waals surface area contributed by atoms with E-state index in [4.69, 9.17) is 14.2 Å². The number of esters is 1. The van der Waals surface area contributed by atoms with E-state index < -0.39 is 30.3 Å². The van der Waals surface area contributed by atoms with E-state index in [1.54, 1.807) is 20.8 Å². The number of amides is 1. The van der Waals surface area contributed by atoms with Crippen LogP contribution in [0.3, 0.4) is 0 Å². The molecule has 1 rings (SSSR count). The molecular weight excluding hydrogens is 314 g/mol. The van der Waals surface area contributed by atoms with E-state index in [0.717, 1.165) is 5.56 Å². The van der Waals surface area contributed by atoms with E-state index in [1.165, 1.54) is 0 Å². The van der Waals surface area contributed by atoms with Crippen molar-refractivity contribution in [1.29, 1.82) is 0 Å². The van der Waals surface area contributed by atoms with E-state index in [2.05, 4.69) is 5.32 Å². The van der Waals surface area contributed by atoms with Crippen molar-refractivity contribution in [2.24, 2.45) is 5.92 Å². The molecule has 134 valence electrons. The summed E-state index contributed by atoms with van der Waals surface area (Å²) in [6.07, 6.45) is -2.98. The number of rotatable bonds is 9. The van der Waals surface area contributed by atoms with Crippen LogP contribution in [0.25, 0.3) is 0 Å². The molecule has 1 unspecified atom stereocenters. The lowest BCUT2D eigenvalue weighted by Gasteiger charge is -2.27. The molecule has 0 aliphatic heterocycles. The van der Waals surface area contributed by atoms with Crippen LogP contribution in [-0.4, -0.2) is 42.7 Å². The highest BCUT2D eigenvalue weighted by Crippen LogP contribution is 2.13. The standard InChI is InChI=1S/C17H25NO6/c1-4-22-15(12(3)14(19)16(20)23-5-2)18-17(21)24-11-13-9-7-6-8-10-13/h6-10,12,14-15,19H,4-5,11H2,1-3H3,(H,18,21)/t12-,14-,15?/m0/s1. The topological polar surface area (TPSA) is 94.1 Å². The van der Waals surface area contributed by atoms with Crippen molar-refractivity contribution < 1.29 is 28.9 Å². The average Bonchev–Trinajstić information content (AvgIpc) is 2.59. The number of ether oxygens (including phenoxy) is 3. The van der Waals surface area contributed by atoms with Crippen molar-refractivity contribution in [1.82, 2.24) is 5.32 Å². The predicted molar refractivity (Wildman–Crippen MR) is 87.0 cm³/mol. The highest BCUT2D eigenvalue weighted by atomic mass is 16.6. The molecule has 0 fully saturated rings. The Morgan fingerprint density at radius 1 is 1.12 bits per heavy atom. The van der Waals surface area contributed by atoms with Gasteiger partial charge in [0.15, 0.2) is 6.10 Å². The number of carbonyl (C=O) groups excluding carboxylic acids is 2. The summed E-state index contributed by atoms with van der Waals surface area (Å²) in [7, 11) is 0. The third-order valence-electron chi connectivity index (χ3n) is 3.32. The second-order valence-electron chi connectivity index (χ2n) is 5.14. The molecule has 7 heteroatoms. The average molecular weight is 339 g/mol. The Hall–Kier alpha value is -2.12. The molecule has 0 radical (unpaired) electrons. The molecular formula is C17H25NO6. The number of aliphatic hydroxyl groups is 1. The zero-order valence-electron chi connectivity index (χ0n) is 14.2. The predicted octanol–water partition coefficient (Wildman–Crippen LogP) is 1.84. The van der Waals surface area contributed by atoms with Gasteiger partial charge < -0.3 is 19.3 Å². The van der Waals surface area contributed by atoms with E-state index in [1.807, 2.05) is 30.3 Å². The molecule has 1 aromatic carbocycles. The van der Waals surface area contributed by atoms with Crippen molar-refractivity contribution in [2.45, 2.75) is 39.7 Å². The molecule has 0 aliphatic carbocycles. The van der Waals surface area contributed by atoms with Gasteiger partial charge in [-0.3, -0.25) is 5.32 Å². The van der Waals surface area contributed by atoms with Crippen molar-refractivity contribution in [3.8, 4) is 0 Å². The summed E-state index contributed by atoms with van der Waals surface area (Å²) in [6.45, 7) is 5.54. The molecule has 2 N–H and O–H groups in total. The molecule has 0 saturated carbocycles. The summed E-state index contributed by atoms with van der Waals surface area (Å²) in [5.74, 6) is -1.46. The lowest BCUT2D eigenvalue weighted by Crippen LogP contribution is -2.47. The van der Waals surface area contributed by atoms with Crippen LogP contribution in [-0.2, 0) is 25.6 Å². The maximum atomic E-state index is 11.9. The summed E-state index contributed by atoms with van der Waals surface area (Å²) in [5, 5.41) is 12.5. The first-order valence-electron chi connectivity index (χ1n) is 7.93. The first-order chi connectivity index (χ1) is 11.5. The molecule has 0 aliphatic rings. The van der Waals surface area contributed by atoms with Crippen molar-refractivity contribution in [2.75, 3.05) is 13.2 Å². The highest BCUT2D eigenvalue weighted by molar-refractivity contribution is 5.75. The van der Waals surface area contributed by atoms with Crippen molar-refractivity contribution >= 4 is 12.1 Å². The van der Waals surface area contributed by atoms with Crippen LogP contribution in [0.5, 0.6) is 0 Å². The summed E-state index contributed by atoms with van der Waals surface area (Å²) >= 11 is 0. The minimum atomic E-state index is -1.41. The molecule has 0 aromatic heterocycles. The Morgan fingerprint density at radius 2 is 1.79 bits per heavy atom. The van der Waals surface area contributed by atoms with Gasteiger partial charge in [0.1, 0.15) is 12.8 Å². The van der Waals surface area contributed by atoms with Crippen molar-refractivity contribution in [3.05, 3.63) is 35.9 Å². The third kappa shape index (κ3) is 6.55. The molecule has 3 atom stereocenters. The second-order valence-corrected chi connectivity index (χ2v) is 5.14. The Kier molecular flexibility index (Phi) is 8.81. The number of alkyl carbamates (subject to hydrolysis) is 1. The summed E-state index contributed by atoms with van der Waals surface area (Å²) < 4.78 is 15.3. The van der Waals surface area contributed by atoms with Crippen LogP contribution >= 0.6 is 0 Å². The normalized spacial score (nSPS) is 14.3. The van der Waals surface area contributed by atoms with Crippen molar-refractivity contribution in [3.63, 3.8) is 0 Å². The van der Waals surface area contributed by atoms with Gasteiger partial charge in [0.25, 0.3) is 0 Å². The number of nitrogens with one attached hydrogen (secondary N) is 1. The van der Waals surface area contributed by atoms with Crippen LogP contribution in [0.2, 0.25) is 0 Å². The Bertz CT molecular complexity index is 507. The van der Waals surface area contributed by atoms with Gasteiger partial charge in [-0.25, -0.2) is 9.59 Å². The van der Waals surface area contributed by atoms with Gasteiger partial charge in [0.2, 0.25) is 0 Å². The van der Waals surface area contributed by atoms with E-state index >= 15 is 0 Å². The number of hydrogen-bond acceptors (Lipinski definition) is 6. The largest absolute Gasteiger partial charge is 0.464 e. The van der Waals surface area contributed by atoms with Crippen LogP contribution in [0.1, 0.15) is 26.3 Å². The first-order valence-corrected chi connectivity index (χ1v) is 7.93. The van der Waals surface area contributed by atoms with Gasteiger partial charge in [-0.2, -0.15) is 0 Å².